The van der Waals surface area contributed by atoms with Gasteiger partial charge < -0.3 is 15.5 Å². The van der Waals surface area contributed by atoms with Crippen LogP contribution in [-0.4, -0.2) is 46.9 Å². The Morgan fingerprint density at radius 1 is 1.21 bits per heavy atom. The molecule has 0 aliphatic carbocycles. The third-order valence-corrected chi connectivity index (χ3v) is 5.97. The predicted octanol–water partition coefficient (Wildman–Crippen LogP) is 0.600. The van der Waals surface area contributed by atoms with Crippen LogP contribution in [0, 0.1) is 5.82 Å². The van der Waals surface area contributed by atoms with Gasteiger partial charge in [0.05, 0.1) is 17.0 Å². The van der Waals surface area contributed by atoms with E-state index in [0.29, 0.717) is 19.6 Å². The quantitative estimate of drug-likeness (QED) is 0.634. The van der Waals surface area contributed by atoms with E-state index in [1.807, 2.05) is 17.0 Å². The zero-order chi connectivity index (χ0) is 21.0. The summed E-state index contributed by atoms with van der Waals surface area (Å²) in [6.45, 7) is 1.74. The summed E-state index contributed by atoms with van der Waals surface area (Å²) in [5.74, 6) is -1.55. The Kier molecular flexibility index (Phi) is 6.14. The number of nitrogens with one attached hydrogen (secondary N) is 3. The molecule has 8 nitrogen and oxygen atoms in total. The molecule has 1 aliphatic rings. The van der Waals surface area contributed by atoms with E-state index in [-0.39, 0.29) is 22.9 Å². The second-order valence-corrected chi connectivity index (χ2v) is 8.36. The van der Waals surface area contributed by atoms with Gasteiger partial charge in [-0.15, -0.1) is 0 Å². The fraction of sp³-hybridized carbons (Fsp3) is 0.263. The van der Waals surface area contributed by atoms with Gasteiger partial charge in [0.1, 0.15) is 5.82 Å². The van der Waals surface area contributed by atoms with Crippen molar-refractivity contribution >= 4 is 27.5 Å². The van der Waals surface area contributed by atoms with Crippen LogP contribution in [0.3, 0.4) is 0 Å². The Hall–Kier alpha value is -2.98. The molecule has 0 bridgehead atoms. The lowest BCUT2D eigenvalue weighted by Crippen LogP contribution is -2.47. The van der Waals surface area contributed by atoms with Crippen LogP contribution in [0.1, 0.15) is 15.9 Å². The lowest BCUT2D eigenvalue weighted by Gasteiger charge is -2.28. The Morgan fingerprint density at radius 2 is 1.93 bits per heavy atom. The number of halogens is 1. The first-order valence-electron chi connectivity index (χ1n) is 8.92. The van der Waals surface area contributed by atoms with E-state index in [9.17, 15) is 22.4 Å². The summed E-state index contributed by atoms with van der Waals surface area (Å²) in [5.41, 5.74) is 1.33. The van der Waals surface area contributed by atoms with Crippen LogP contribution >= 0.6 is 0 Å². The lowest BCUT2D eigenvalue weighted by atomic mass is 10.1. The minimum absolute atomic E-state index is 0.0304. The summed E-state index contributed by atoms with van der Waals surface area (Å²) in [6.07, 6.45) is 0. The normalized spacial score (nSPS) is 14.4. The van der Waals surface area contributed by atoms with Crippen molar-refractivity contribution in [3.05, 3.63) is 59.4 Å². The highest BCUT2D eigenvalue weighted by Gasteiger charge is 2.19. The van der Waals surface area contributed by atoms with Crippen molar-refractivity contribution in [2.45, 2.75) is 11.4 Å². The summed E-state index contributed by atoms with van der Waals surface area (Å²) in [7, 11) is -2.55. The van der Waals surface area contributed by atoms with Crippen LogP contribution in [0.15, 0.2) is 47.4 Å². The molecule has 1 aliphatic heterocycles. The van der Waals surface area contributed by atoms with Gasteiger partial charge in [0, 0.05) is 25.3 Å². The highest BCUT2D eigenvalue weighted by Crippen LogP contribution is 2.17. The topological polar surface area (TPSA) is 108 Å². The third-order valence-electron chi connectivity index (χ3n) is 4.55. The smallest absolute Gasteiger partial charge is 0.254 e. The second kappa shape index (κ2) is 8.58. The number of sulfonamides is 1. The van der Waals surface area contributed by atoms with Crippen LogP contribution in [0.2, 0.25) is 0 Å². The zero-order valence-corrected chi connectivity index (χ0v) is 16.6. The molecular formula is C19H21FN4O4S. The predicted molar refractivity (Wildman–Crippen MR) is 105 cm³/mol. The summed E-state index contributed by atoms with van der Waals surface area (Å²) in [5, 5.41) is 5.35. The number of anilines is 1. The van der Waals surface area contributed by atoms with Crippen molar-refractivity contribution in [1.29, 1.82) is 0 Å². The van der Waals surface area contributed by atoms with Gasteiger partial charge in [0.15, 0.2) is 0 Å². The van der Waals surface area contributed by atoms with E-state index in [1.165, 1.54) is 7.05 Å². The van der Waals surface area contributed by atoms with Crippen molar-refractivity contribution in [1.82, 2.24) is 15.4 Å². The molecule has 0 spiro atoms. The molecule has 3 N–H and O–H groups in total. The molecule has 2 aromatic carbocycles. The Bertz CT molecular complexity index is 1030. The van der Waals surface area contributed by atoms with E-state index in [2.05, 4.69) is 15.4 Å². The highest BCUT2D eigenvalue weighted by atomic mass is 32.2. The first-order valence-corrected chi connectivity index (χ1v) is 10.4. The number of piperazine rings is 1. The molecule has 2 aromatic rings. The van der Waals surface area contributed by atoms with Crippen molar-refractivity contribution in [3.63, 3.8) is 0 Å². The van der Waals surface area contributed by atoms with Crippen LogP contribution in [0.5, 0.6) is 0 Å². The van der Waals surface area contributed by atoms with Gasteiger partial charge in [-0.25, -0.2) is 17.5 Å². The standard InChI is InChI=1S/C19H21FN4O4S/c1-21-29(27,28)15-6-7-17(20)16(10-15)19(26)23-11-13-2-4-14(5-3-13)24-9-8-22-18(25)12-24/h2-7,10,21H,8-9,11-12H2,1H3,(H,22,25)(H,23,26). The number of rotatable bonds is 6. The van der Waals surface area contributed by atoms with Gasteiger partial charge >= 0.3 is 0 Å². The fourth-order valence-electron chi connectivity index (χ4n) is 2.92. The summed E-state index contributed by atoms with van der Waals surface area (Å²) < 4.78 is 39.8. The van der Waals surface area contributed by atoms with Crippen molar-refractivity contribution in [2.75, 3.05) is 31.6 Å². The molecule has 3 rings (SSSR count). The highest BCUT2D eigenvalue weighted by molar-refractivity contribution is 7.89. The molecule has 0 atom stereocenters. The minimum atomic E-state index is -3.79. The van der Waals surface area contributed by atoms with Gasteiger partial charge in [0.2, 0.25) is 15.9 Å². The maximum atomic E-state index is 14.0. The number of amides is 2. The number of carbonyl (C=O) groups excluding carboxylic acids is 2. The van der Waals surface area contributed by atoms with E-state index < -0.39 is 21.7 Å². The summed E-state index contributed by atoms with van der Waals surface area (Å²) in [4.78, 5) is 25.6. The maximum Gasteiger partial charge on any atom is 0.254 e. The van der Waals surface area contributed by atoms with Crippen molar-refractivity contribution in [2.24, 2.45) is 0 Å². The first kappa shape index (κ1) is 20.7. The van der Waals surface area contributed by atoms with E-state index >= 15 is 0 Å². The molecule has 1 saturated heterocycles. The van der Waals surface area contributed by atoms with Gasteiger partial charge in [-0.05, 0) is 42.9 Å². The van der Waals surface area contributed by atoms with Crippen LogP contribution < -0.4 is 20.3 Å². The molecule has 29 heavy (non-hydrogen) atoms. The number of benzene rings is 2. The average molecular weight is 420 g/mol. The number of hydrogen-bond donors (Lipinski definition) is 3. The molecule has 0 saturated carbocycles. The third kappa shape index (κ3) is 4.90. The molecule has 1 heterocycles. The van der Waals surface area contributed by atoms with E-state index in [0.717, 1.165) is 29.4 Å². The van der Waals surface area contributed by atoms with E-state index in [1.54, 1.807) is 12.1 Å². The van der Waals surface area contributed by atoms with Gasteiger partial charge in [-0.3, -0.25) is 9.59 Å². The molecule has 0 unspecified atom stereocenters. The fourth-order valence-corrected chi connectivity index (χ4v) is 3.68. The molecule has 2 amide bonds. The average Bonchev–Trinajstić information content (AvgIpc) is 2.72. The Labute approximate surface area is 168 Å². The van der Waals surface area contributed by atoms with Gasteiger partial charge in [0.25, 0.3) is 5.91 Å². The van der Waals surface area contributed by atoms with Crippen LogP contribution in [0.4, 0.5) is 10.1 Å². The molecule has 0 aromatic heterocycles. The second-order valence-electron chi connectivity index (χ2n) is 6.47. The maximum absolute atomic E-state index is 14.0. The molecule has 10 heteroatoms. The summed E-state index contributed by atoms with van der Waals surface area (Å²) >= 11 is 0. The van der Waals surface area contributed by atoms with E-state index in [4.69, 9.17) is 0 Å². The van der Waals surface area contributed by atoms with Gasteiger partial charge in [-0.1, -0.05) is 12.1 Å². The van der Waals surface area contributed by atoms with Gasteiger partial charge in [-0.2, -0.15) is 0 Å². The zero-order valence-electron chi connectivity index (χ0n) is 15.7. The molecule has 0 radical (unpaired) electrons. The summed E-state index contributed by atoms with van der Waals surface area (Å²) in [6, 6.07) is 10.4. The molecular weight excluding hydrogens is 399 g/mol. The monoisotopic (exact) mass is 420 g/mol. The van der Waals surface area contributed by atoms with Crippen molar-refractivity contribution < 1.29 is 22.4 Å². The van der Waals surface area contributed by atoms with Crippen molar-refractivity contribution in [3.8, 4) is 0 Å². The lowest BCUT2D eigenvalue weighted by molar-refractivity contribution is -0.120. The minimum Gasteiger partial charge on any atom is -0.360 e. The first-order chi connectivity index (χ1) is 13.8. The number of hydrogen-bond acceptors (Lipinski definition) is 5. The Morgan fingerprint density at radius 3 is 2.59 bits per heavy atom. The number of carbonyl (C=O) groups is 2. The molecule has 154 valence electrons. The SMILES string of the molecule is CNS(=O)(=O)c1ccc(F)c(C(=O)NCc2ccc(N3CCNC(=O)C3)cc2)c1. The largest absolute Gasteiger partial charge is 0.360 e. The van der Waals surface area contributed by atoms with Crippen LogP contribution in [-0.2, 0) is 21.4 Å². The van der Waals surface area contributed by atoms with Crippen LogP contribution in [0.25, 0.3) is 0 Å². The number of nitrogens with zero attached hydrogens (tertiary/aromatic N) is 1. The Balaban J connectivity index is 1.66. The molecule has 1 fully saturated rings.